The van der Waals surface area contributed by atoms with E-state index < -0.39 is 6.10 Å². The molecule has 0 bridgehead atoms. The third-order valence-electron chi connectivity index (χ3n) is 6.26. The van der Waals surface area contributed by atoms with Gasteiger partial charge < -0.3 is 10.4 Å². The number of rotatable bonds is 13. The van der Waals surface area contributed by atoms with Gasteiger partial charge in [0, 0.05) is 23.5 Å². The van der Waals surface area contributed by atoms with Crippen molar-refractivity contribution >= 4 is 11.9 Å². The summed E-state index contributed by atoms with van der Waals surface area (Å²) in [4.78, 5) is 1.18. The minimum Gasteiger partial charge on any atom is -0.390 e. The molecule has 0 aliphatic carbocycles. The van der Waals surface area contributed by atoms with E-state index in [-0.39, 0.29) is 5.54 Å². The summed E-state index contributed by atoms with van der Waals surface area (Å²) in [6, 6.07) is 26.4. The average Bonchev–Trinajstić information content (AvgIpc) is 2.84. The van der Waals surface area contributed by atoms with Crippen molar-refractivity contribution in [2.24, 2.45) is 0 Å². The van der Waals surface area contributed by atoms with E-state index in [0.29, 0.717) is 13.1 Å². The number of nitrogens with one attached hydrogen (secondary N) is 1. The van der Waals surface area contributed by atoms with Gasteiger partial charge in [0.1, 0.15) is 0 Å². The predicted octanol–water partition coefficient (Wildman–Crippen LogP) is 6.78. The van der Waals surface area contributed by atoms with Crippen LogP contribution in [-0.4, -0.2) is 41.2 Å². The molecule has 0 radical (unpaired) electrons. The van der Waals surface area contributed by atoms with Crippen molar-refractivity contribution in [2.45, 2.75) is 69.9 Å². The van der Waals surface area contributed by atoms with E-state index in [1.807, 2.05) is 7.05 Å². The molecule has 0 saturated heterocycles. The summed E-state index contributed by atoms with van der Waals surface area (Å²) in [5.41, 5.74) is 6.49. The van der Waals surface area contributed by atoms with Crippen LogP contribution >= 0.6 is 11.9 Å². The quantitative estimate of drug-likeness (QED) is 0.259. The Morgan fingerprint density at radius 3 is 2.23 bits per heavy atom. The van der Waals surface area contributed by atoms with E-state index in [1.54, 1.807) is 11.9 Å². The van der Waals surface area contributed by atoms with Gasteiger partial charge in [-0.3, -0.25) is 0 Å². The molecular formula is C31H42N2OS. The van der Waals surface area contributed by atoms with Crippen LogP contribution < -0.4 is 5.32 Å². The predicted molar refractivity (Wildman–Crippen MR) is 152 cm³/mol. The van der Waals surface area contributed by atoms with Crippen LogP contribution in [0.2, 0.25) is 0 Å². The van der Waals surface area contributed by atoms with Crippen LogP contribution in [-0.2, 0) is 19.3 Å². The zero-order chi connectivity index (χ0) is 25.3. The lowest BCUT2D eigenvalue weighted by Gasteiger charge is -2.29. The van der Waals surface area contributed by atoms with Crippen molar-refractivity contribution in [3.63, 3.8) is 0 Å². The zero-order valence-corrected chi connectivity index (χ0v) is 22.9. The van der Waals surface area contributed by atoms with Crippen LogP contribution in [0, 0.1) is 0 Å². The van der Waals surface area contributed by atoms with Crippen LogP contribution in [0.4, 0.5) is 0 Å². The Morgan fingerprint density at radius 1 is 0.886 bits per heavy atom. The summed E-state index contributed by atoms with van der Waals surface area (Å²) in [7, 11) is 2.04. The summed E-state index contributed by atoms with van der Waals surface area (Å²) in [5, 5.41) is 14.3. The molecule has 188 valence electrons. The Bertz CT molecular complexity index is 1050. The largest absolute Gasteiger partial charge is 0.390 e. The summed E-state index contributed by atoms with van der Waals surface area (Å²) in [6.07, 6.45) is 3.82. The molecule has 0 saturated carbocycles. The lowest BCUT2D eigenvalue weighted by atomic mass is 9.94. The molecule has 1 atom stereocenters. The fourth-order valence-corrected chi connectivity index (χ4v) is 5.29. The Balaban J connectivity index is 1.50. The second-order valence-electron chi connectivity index (χ2n) is 10.1. The van der Waals surface area contributed by atoms with Gasteiger partial charge in [-0.1, -0.05) is 80.9 Å². The fraction of sp³-hybridized carbons (Fsp3) is 0.419. The average molecular weight is 491 g/mol. The van der Waals surface area contributed by atoms with Gasteiger partial charge in [0.25, 0.3) is 0 Å². The topological polar surface area (TPSA) is 35.5 Å². The van der Waals surface area contributed by atoms with Crippen LogP contribution in [0.25, 0.3) is 11.1 Å². The molecule has 3 aromatic carbocycles. The first-order chi connectivity index (χ1) is 16.8. The highest BCUT2D eigenvalue weighted by Gasteiger charge is 2.20. The van der Waals surface area contributed by atoms with Gasteiger partial charge in [-0.2, -0.15) is 0 Å². The monoisotopic (exact) mass is 490 g/mol. The molecule has 0 fully saturated rings. The minimum atomic E-state index is -0.442. The van der Waals surface area contributed by atoms with E-state index in [2.05, 4.69) is 110 Å². The van der Waals surface area contributed by atoms with Gasteiger partial charge in [0.05, 0.1) is 6.10 Å². The van der Waals surface area contributed by atoms with Crippen LogP contribution in [0.1, 0.15) is 50.8 Å². The zero-order valence-electron chi connectivity index (χ0n) is 22.1. The third-order valence-corrected chi connectivity index (χ3v) is 7.18. The van der Waals surface area contributed by atoms with Crippen molar-refractivity contribution in [1.29, 1.82) is 0 Å². The molecule has 2 N–H and O–H groups in total. The number of hydrogen-bond acceptors (Lipinski definition) is 4. The van der Waals surface area contributed by atoms with Gasteiger partial charge >= 0.3 is 0 Å². The second-order valence-corrected chi connectivity index (χ2v) is 11.4. The lowest BCUT2D eigenvalue weighted by Crippen LogP contribution is -2.46. The third kappa shape index (κ3) is 9.12. The minimum absolute atomic E-state index is 0.0823. The van der Waals surface area contributed by atoms with E-state index in [1.165, 1.54) is 32.7 Å². The Kier molecular flexibility index (Phi) is 10.4. The molecule has 0 spiro atoms. The normalized spacial score (nSPS) is 12.8. The molecule has 3 aromatic rings. The summed E-state index contributed by atoms with van der Waals surface area (Å²) >= 11 is 1.68. The first kappa shape index (κ1) is 27.5. The molecule has 0 amide bonds. The highest BCUT2D eigenvalue weighted by molar-refractivity contribution is 7.97. The molecule has 0 aromatic heterocycles. The number of likely N-dealkylation sites (N-methyl/N-ethyl adjacent to an activating group) is 1. The van der Waals surface area contributed by atoms with Gasteiger partial charge in [0.2, 0.25) is 0 Å². The molecule has 3 rings (SSSR count). The summed E-state index contributed by atoms with van der Waals surface area (Å²) in [5.74, 6) is 0. The molecular weight excluding hydrogens is 448 g/mol. The summed E-state index contributed by atoms with van der Waals surface area (Å²) < 4.78 is 2.12. The van der Waals surface area contributed by atoms with Gasteiger partial charge in [-0.05, 0) is 92.1 Å². The maximum Gasteiger partial charge on any atom is 0.0800 e. The SMILES string of the molecule is CCCc1cccc(-c2cccc(SN(C)CC(O)CNC(C)(C)Cc3ccc(CC)cc3)c2)c1. The molecule has 0 aliphatic heterocycles. The van der Waals surface area contributed by atoms with Gasteiger partial charge in [0.15, 0.2) is 0 Å². The number of aryl methyl sites for hydroxylation is 2. The standard InChI is InChI=1S/C31H42N2OS/c1-6-10-25-11-8-12-27(19-25)28-13-9-14-30(20-28)35-33(5)23-29(34)22-32-31(3,4)21-26-17-15-24(7-2)16-18-26/h8-9,11-20,29,32,34H,6-7,10,21-23H2,1-5H3. The Hall–Kier alpha value is -2.11. The second kappa shape index (κ2) is 13.3. The number of hydrogen-bond donors (Lipinski definition) is 2. The van der Waals surface area contributed by atoms with E-state index in [9.17, 15) is 5.11 Å². The van der Waals surface area contributed by atoms with E-state index in [4.69, 9.17) is 0 Å². The molecule has 35 heavy (non-hydrogen) atoms. The van der Waals surface area contributed by atoms with Crippen molar-refractivity contribution in [3.05, 3.63) is 89.5 Å². The van der Waals surface area contributed by atoms with E-state index >= 15 is 0 Å². The van der Waals surface area contributed by atoms with Crippen LogP contribution in [0.3, 0.4) is 0 Å². The number of aliphatic hydroxyl groups excluding tert-OH is 1. The van der Waals surface area contributed by atoms with E-state index in [0.717, 1.165) is 25.7 Å². The maximum absolute atomic E-state index is 10.7. The summed E-state index contributed by atoms with van der Waals surface area (Å²) in [6.45, 7) is 9.96. The number of benzene rings is 3. The lowest BCUT2D eigenvalue weighted by molar-refractivity contribution is 0.142. The Labute approximate surface area is 217 Å². The molecule has 3 nitrogen and oxygen atoms in total. The Morgan fingerprint density at radius 2 is 1.54 bits per heavy atom. The highest BCUT2D eigenvalue weighted by Crippen LogP contribution is 2.28. The van der Waals surface area contributed by atoms with Crippen molar-refractivity contribution < 1.29 is 5.11 Å². The van der Waals surface area contributed by atoms with Crippen LogP contribution in [0.15, 0.2) is 77.7 Å². The number of aliphatic hydroxyl groups is 1. The maximum atomic E-state index is 10.7. The molecule has 1 unspecified atom stereocenters. The van der Waals surface area contributed by atoms with Crippen molar-refractivity contribution in [1.82, 2.24) is 9.62 Å². The molecule has 0 aliphatic rings. The fourth-order valence-electron chi connectivity index (χ4n) is 4.37. The first-order valence-electron chi connectivity index (χ1n) is 12.9. The van der Waals surface area contributed by atoms with Crippen molar-refractivity contribution in [3.8, 4) is 11.1 Å². The van der Waals surface area contributed by atoms with Crippen LogP contribution in [0.5, 0.6) is 0 Å². The smallest absolute Gasteiger partial charge is 0.0800 e. The molecule has 4 heteroatoms. The molecule has 0 heterocycles. The van der Waals surface area contributed by atoms with Gasteiger partial charge in [-0.25, -0.2) is 4.31 Å². The first-order valence-corrected chi connectivity index (χ1v) is 13.6. The number of nitrogens with zero attached hydrogens (tertiary/aromatic N) is 1. The van der Waals surface area contributed by atoms with Crippen molar-refractivity contribution in [2.75, 3.05) is 20.1 Å². The number of β-amino-alcohol motifs (C(OH)–C–C–N with tert-alkyl or cyclic N) is 1. The highest BCUT2D eigenvalue weighted by atomic mass is 32.2. The van der Waals surface area contributed by atoms with Gasteiger partial charge in [-0.15, -0.1) is 0 Å².